The molecule has 1 rings (SSSR count). The topological polar surface area (TPSA) is 68.9 Å². The predicted molar refractivity (Wildman–Crippen MR) is 42.3 cm³/mol. The van der Waals surface area contributed by atoms with Crippen LogP contribution in [0.2, 0.25) is 0 Å². The molecule has 0 aromatic carbocycles. The highest BCUT2D eigenvalue weighted by molar-refractivity contribution is 6.99. The highest BCUT2D eigenvalue weighted by atomic mass is 32.1. The Labute approximate surface area is 68.8 Å². The molecule has 0 saturated carbocycles. The Kier molecular flexibility index (Phi) is 2.67. The summed E-state index contributed by atoms with van der Waals surface area (Å²) >= 11 is 1.10. The Bertz CT molecular complexity index is 232. The van der Waals surface area contributed by atoms with Crippen LogP contribution in [0, 0.1) is 0 Å². The average Bonchev–Trinajstić information content (AvgIpc) is 2.39. The first-order valence-electron chi connectivity index (χ1n) is 3.25. The standard InChI is InChI=1S/C6H9N3OS/c1-4(7)6(10)2-5-3-8-11-9-5/h3-4H,2,7H2,1H3/t4-/m1/s1. The van der Waals surface area contributed by atoms with Crippen LogP contribution in [0.4, 0.5) is 0 Å². The van der Waals surface area contributed by atoms with E-state index >= 15 is 0 Å². The third-order valence-electron chi connectivity index (χ3n) is 1.27. The summed E-state index contributed by atoms with van der Waals surface area (Å²) in [5, 5.41) is 0. The van der Waals surface area contributed by atoms with E-state index in [1.807, 2.05) is 0 Å². The zero-order chi connectivity index (χ0) is 8.27. The monoisotopic (exact) mass is 171 g/mol. The Balaban J connectivity index is 2.50. The van der Waals surface area contributed by atoms with Crippen LogP contribution in [-0.2, 0) is 11.2 Å². The van der Waals surface area contributed by atoms with Crippen LogP contribution in [0.1, 0.15) is 12.6 Å². The molecule has 0 amide bonds. The van der Waals surface area contributed by atoms with Crippen molar-refractivity contribution in [2.24, 2.45) is 5.73 Å². The molecular weight excluding hydrogens is 162 g/mol. The molecule has 0 spiro atoms. The summed E-state index contributed by atoms with van der Waals surface area (Å²) in [5.74, 6) is -0.00213. The fraction of sp³-hybridized carbons (Fsp3) is 0.500. The van der Waals surface area contributed by atoms with E-state index in [-0.39, 0.29) is 5.78 Å². The number of hydrogen-bond acceptors (Lipinski definition) is 5. The Morgan fingerprint density at radius 2 is 2.64 bits per heavy atom. The number of aromatic nitrogens is 2. The van der Waals surface area contributed by atoms with Crippen molar-refractivity contribution in [2.75, 3.05) is 0 Å². The number of hydrogen-bond donors (Lipinski definition) is 1. The number of carbonyl (C=O) groups excluding carboxylic acids is 1. The highest BCUT2D eigenvalue weighted by Gasteiger charge is 2.09. The lowest BCUT2D eigenvalue weighted by atomic mass is 10.1. The van der Waals surface area contributed by atoms with Crippen LogP contribution in [0.5, 0.6) is 0 Å². The molecule has 1 atom stereocenters. The van der Waals surface area contributed by atoms with E-state index in [2.05, 4.69) is 8.75 Å². The number of carbonyl (C=O) groups is 1. The summed E-state index contributed by atoms with van der Waals surface area (Å²) in [6.07, 6.45) is 1.89. The van der Waals surface area contributed by atoms with Crippen molar-refractivity contribution < 1.29 is 4.79 Å². The first kappa shape index (κ1) is 8.29. The molecule has 0 radical (unpaired) electrons. The highest BCUT2D eigenvalue weighted by Crippen LogP contribution is 1.98. The molecular formula is C6H9N3OS. The smallest absolute Gasteiger partial charge is 0.155 e. The molecule has 5 heteroatoms. The molecule has 0 aliphatic heterocycles. The average molecular weight is 171 g/mol. The predicted octanol–water partition coefficient (Wildman–Crippen LogP) is -0.00310. The van der Waals surface area contributed by atoms with Crippen LogP contribution in [0.3, 0.4) is 0 Å². The van der Waals surface area contributed by atoms with Gasteiger partial charge in [0.05, 0.1) is 36.1 Å². The fourth-order valence-corrected chi connectivity index (χ4v) is 1.03. The largest absolute Gasteiger partial charge is 0.322 e. The molecule has 1 aromatic heterocycles. The van der Waals surface area contributed by atoms with E-state index < -0.39 is 6.04 Å². The molecule has 2 N–H and O–H groups in total. The van der Waals surface area contributed by atoms with E-state index in [0.717, 1.165) is 11.7 Å². The molecule has 1 aromatic rings. The van der Waals surface area contributed by atoms with Crippen molar-refractivity contribution >= 4 is 17.5 Å². The number of rotatable bonds is 3. The Morgan fingerprint density at radius 1 is 1.91 bits per heavy atom. The van der Waals surface area contributed by atoms with Crippen molar-refractivity contribution in [3.8, 4) is 0 Å². The lowest BCUT2D eigenvalue weighted by Gasteiger charge is -1.99. The molecule has 60 valence electrons. The summed E-state index contributed by atoms with van der Waals surface area (Å²) in [6.45, 7) is 1.67. The van der Waals surface area contributed by atoms with Gasteiger partial charge >= 0.3 is 0 Å². The summed E-state index contributed by atoms with van der Waals surface area (Å²) in [4.78, 5) is 11.0. The second-order valence-electron chi connectivity index (χ2n) is 2.33. The van der Waals surface area contributed by atoms with Gasteiger partial charge in [0.1, 0.15) is 0 Å². The minimum Gasteiger partial charge on any atom is -0.322 e. The zero-order valence-electron chi connectivity index (χ0n) is 6.15. The lowest BCUT2D eigenvalue weighted by molar-refractivity contribution is -0.119. The maximum Gasteiger partial charge on any atom is 0.155 e. The van der Waals surface area contributed by atoms with Crippen molar-refractivity contribution in [1.29, 1.82) is 0 Å². The van der Waals surface area contributed by atoms with Crippen LogP contribution in [0.15, 0.2) is 6.20 Å². The van der Waals surface area contributed by atoms with Gasteiger partial charge in [0.15, 0.2) is 5.78 Å². The van der Waals surface area contributed by atoms with Crippen molar-refractivity contribution in [3.63, 3.8) is 0 Å². The van der Waals surface area contributed by atoms with Gasteiger partial charge in [-0.05, 0) is 6.92 Å². The first-order valence-corrected chi connectivity index (χ1v) is 3.98. The SMILES string of the molecule is C[C@@H](N)C(=O)Cc1cnsn1. The van der Waals surface area contributed by atoms with E-state index in [0.29, 0.717) is 12.1 Å². The number of nitrogens with two attached hydrogens (primary N) is 1. The molecule has 0 aliphatic carbocycles. The number of Topliss-reactive ketones (excluding diaryl/α,β-unsaturated/α-hetero) is 1. The minimum absolute atomic E-state index is 0.00213. The van der Waals surface area contributed by atoms with Gasteiger partial charge in [0.2, 0.25) is 0 Å². The normalized spacial score (nSPS) is 12.9. The second-order valence-corrected chi connectivity index (χ2v) is 2.89. The van der Waals surface area contributed by atoms with Crippen molar-refractivity contribution in [1.82, 2.24) is 8.75 Å². The molecule has 4 nitrogen and oxygen atoms in total. The van der Waals surface area contributed by atoms with E-state index in [1.54, 1.807) is 13.1 Å². The number of nitrogens with zero attached hydrogens (tertiary/aromatic N) is 2. The van der Waals surface area contributed by atoms with Gasteiger partial charge < -0.3 is 5.73 Å². The lowest BCUT2D eigenvalue weighted by Crippen LogP contribution is -2.28. The molecule has 0 aliphatic rings. The molecule has 0 saturated heterocycles. The molecule has 0 fully saturated rings. The summed E-state index contributed by atoms with van der Waals surface area (Å²) in [6, 6.07) is -0.406. The Morgan fingerprint density at radius 3 is 3.09 bits per heavy atom. The number of ketones is 1. The summed E-state index contributed by atoms with van der Waals surface area (Å²) < 4.78 is 7.66. The van der Waals surface area contributed by atoms with E-state index in [4.69, 9.17) is 5.73 Å². The zero-order valence-corrected chi connectivity index (χ0v) is 6.97. The maximum absolute atomic E-state index is 11.0. The van der Waals surface area contributed by atoms with E-state index in [9.17, 15) is 4.79 Å². The third kappa shape index (κ3) is 2.36. The Hall–Kier alpha value is -0.810. The van der Waals surface area contributed by atoms with Crippen molar-refractivity contribution in [3.05, 3.63) is 11.9 Å². The van der Waals surface area contributed by atoms with Gasteiger partial charge in [-0.2, -0.15) is 8.75 Å². The summed E-state index contributed by atoms with van der Waals surface area (Å²) in [5.41, 5.74) is 6.06. The van der Waals surface area contributed by atoms with Gasteiger partial charge in [0.25, 0.3) is 0 Å². The van der Waals surface area contributed by atoms with Gasteiger partial charge in [-0.25, -0.2) is 0 Å². The van der Waals surface area contributed by atoms with Gasteiger partial charge in [0, 0.05) is 0 Å². The van der Waals surface area contributed by atoms with Crippen LogP contribution in [-0.4, -0.2) is 20.6 Å². The van der Waals surface area contributed by atoms with Crippen LogP contribution in [0.25, 0.3) is 0 Å². The minimum atomic E-state index is -0.406. The van der Waals surface area contributed by atoms with Gasteiger partial charge in [-0.1, -0.05) is 0 Å². The fourth-order valence-electron chi connectivity index (χ4n) is 0.601. The van der Waals surface area contributed by atoms with Crippen molar-refractivity contribution in [2.45, 2.75) is 19.4 Å². The molecule has 0 bridgehead atoms. The quantitative estimate of drug-likeness (QED) is 0.694. The van der Waals surface area contributed by atoms with E-state index in [1.165, 1.54) is 0 Å². The van der Waals surface area contributed by atoms with Crippen LogP contribution < -0.4 is 5.73 Å². The summed E-state index contributed by atoms with van der Waals surface area (Å²) in [7, 11) is 0. The maximum atomic E-state index is 11.0. The second kappa shape index (κ2) is 3.54. The first-order chi connectivity index (χ1) is 5.20. The van der Waals surface area contributed by atoms with Gasteiger partial charge in [-0.15, -0.1) is 0 Å². The molecule has 11 heavy (non-hydrogen) atoms. The molecule has 0 unspecified atom stereocenters. The third-order valence-corrected chi connectivity index (χ3v) is 1.79. The molecule has 1 heterocycles. The van der Waals surface area contributed by atoms with Crippen LogP contribution >= 0.6 is 11.7 Å². The van der Waals surface area contributed by atoms with Gasteiger partial charge in [-0.3, -0.25) is 4.79 Å².